The van der Waals surface area contributed by atoms with Crippen LogP contribution >= 0.6 is 0 Å². The van der Waals surface area contributed by atoms with Crippen LogP contribution in [-0.4, -0.2) is 9.13 Å². The van der Waals surface area contributed by atoms with Crippen molar-refractivity contribution in [3.8, 4) is 39.1 Å². The number of rotatable bonds is 4. The van der Waals surface area contributed by atoms with Gasteiger partial charge in [-0.25, -0.2) is 0 Å². The Labute approximate surface area is 262 Å². The van der Waals surface area contributed by atoms with E-state index in [1.807, 2.05) is 0 Å². The van der Waals surface area contributed by atoms with Crippen LogP contribution in [0.3, 0.4) is 0 Å². The first-order chi connectivity index (χ1) is 22.2. The van der Waals surface area contributed by atoms with Gasteiger partial charge in [-0.05, 0) is 88.0 Å². The first kappa shape index (κ1) is 25.6. The highest BCUT2D eigenvalue weighted by atomic mass is 15.0. The van der Waals surface area contributed by atoms with Crippen LogP contribution in [0.2, 0.25) is 0 Å². The highest BCUT2D eigenvalue weighted by molar-refractivity contribution is 6.12. The standard InChI is InChI=1S/C43H30N2/c1-44-40-18-10-8-16-36(40)38-27-31(20-22-41(38)44)32-21-23-43-39(28-32)37-17-9-11-19-42(37)45(43)35-25-33(29-12-4-2-5-13-29)24-34(26-35)30-14-6-3-7-15-30/h2-28H,1H3. The molecule has 0 atom stereocenters. The molecule has 45 heavy (non-hydrogen) atoms. The fraction of sp³-hybridized carbons (Fsp3) is 0.0233. The maximum Gasteiger partial charge on any atom is 0.0541 e. The van der Waals surface area contributed by atoms with Gasteiger partial charge in [0, 0.05) is 45.3 Å². The molecule has 0 unspecified atom stereocenters. The molecule has 0 spiro atoms. The third-order valence-electron chi connectivity index (χ3n) is 9.31. The van der Waals surface area contributed by atoms with Crippen molar-refractivity contribution < 1.29 is 0 Å². The van der Waals surface area contributed by atoms with E-state index in [-0.39, 0.29) is 0 Å². The van der Waals surface area contributed by atoms with Gasteiger partial charge in [-0.2, -0.15) is 0 Å². The van der Waals surface area contributed by atoms with Gasteiger partial charge in [0.25, 0.3) is 0 Å². The molecule has 212 valence electrons. The Morgan fingerprint density at radius 2 is 0.756 bits per heavy atom. The zero-order valence-corrected chi connectivity index (χ0v) is 25.0. The van der Waals surface area contributed by atoms with E-state index < -0.39 is 0 Å². The highest BCUT2D eigenvalue weighted by Crippen LogP contribution is 2.39. The maximum absolute atomic E-state index is 2.43. The average molecular weight is 575 g/mol. The van der Waals surface area contributed by atoms with Crippen LogP contribution in [0.1, 0.15) is 0 Å². The Balaban J connectivity index is 1.27. The fourth-order valence-electron chi connectivity index (χ4n) is 7.11. The van der Waals surface area contributed by atoms with Gasteiger partial charge in [-0.3, -0.25) is 0 Å². The zero-order chi connectivity index (χ0) is 29.9. The van der Waals surface area contributed by atoms with Crippen LogP contribution in [0.15, 0.2) is 164 Å². The number of hydrogen-bond acceptors (Lipinski definition) is 0. The summed E-state index contributed by atoms with van der Waals surface area (Å²) < 4.78 is 4.72. The van der Waals surface area contributed by atoms with Crippen LogP contribution in [0.5, 0.6) is 0 Å². The second-order valence-electron chi connectivity index (χ2n) is 11.9. The SMILES string of the molecule is Cn1c2ccccc2c2cc(-c3ccc4c(c3)c3ccccc3n4-c3cc(-c4ccccc4)cc(-c4ccccc4)c3)ccc21. The minimum atomic E-state index is 1.16. The Kier molecular flexibility index (Phi) is 5.76. The van der Waals surface area contributed by atoms with Crippen molar-refractivity contribution in [1.29, 1.82) is 0 Å². The fourth-order valence-corrected chi connectivity index (χ4v) is 7.11. The molecule has 0 saturated carbocycles. The molecule has 0 aliphatic carbocycles. The molecule has 2 nitrogen and oxygen atoms in total. The summed E-state index contributed by atoms with van der Waals surface area (Å²) in [6, 6.07) is 59.6. The summed E-state index contributed by atoms with van der Waals surface area (Å²) in [5.41, 5.74) is 13.4. The van der Waals surface area contributed by atoms with E-state index in [9.17, 15) is 0 Å². The Morgan fingerprint density at radius 1 is 0.311 bits per heavy atom. The van der Waals surface area contributed by atoms with Crippen LogP contribution in [0.25, 0.3) is 82.7 Å². The molecule has 2 heteroatoms. The highest BCUT2D eigenvalue weighted by Gasteiger charge is 2.16. The first-order valence-corrected chi connectivity index (χ1v) is 15.5. The van der Waals surface area contributed by atoms with Crippen molar-refractivity contribution in [3.63, 3.8) is 0 Å². The van der Waals surface area contributed by atoms with Gasteiger partial charge < -0.3 is 9.13 Å². The first-order valence-electron chi connectivity index (χ1n) is 15.5. The lowest BCUT2D eigenvalue weighted by atomic mass is 9.98. The summed E-state index contributed by atoms with van der Waals surface area (Å²) in [4.78, 5) is 0. The molecule has 0 saturated heterocycles. The number of hydrogen-bond donors (Lipinski definition) is 0. The molecule has 0 amide bonds. The minimum Gasteiger partial charge on any atom is -0.344 e. The largest absolute Gasteiger partial charge is 0.344 e. The summed E-state index contributed by atoms with van der Waals surface area (Å²) in [5, 5.41) is 5.10. The third-order valence-corrected chi connectivity index (χ3v) is 9.31. The quantitative estimate of drug-likeness (QED) is 0.198. The molecule has 9 aromatic rings. The summed E-state index contributed by atoms with van der Waals surface area (Å²) in [6.07, 6.45) is 0. The molecular formula is C43H30N2. The summed E-state index contributed by atoms with van der Waals surface area (Å²) in [7, 11) is 2.15. The van der Waals surface area contributed by atoms with Gasteiger partial charge in [-0.1, -0.05) is 109 Å². The predicted molar refractivity (Wildman–Crippen MR) is 191 cm³/mol. The molecule has 0 bridgehead atoms. The van der Waals surface area contributed by atoms with E-state index in [1.54, 1.807) is 0 Å². The molecule has 7 aromatic carbocycles. The molecule has 0 N–H and O–H groups in total. The number of aromatic nitrogens is 2. The maximum atomic E-state index is 2.43. The van der Waals surface area contributed by atoms with Crippen molar-refractivity contribution >= 4 is 43.6 Å². The van der Waals surface area contributed by atoms with Crippen molar-refractivity contribution in [1.82, 2.24) is 9.13 Å². The van der Waals surface area contributed by atoms with E-state index in [0.29, 0.717) is 0 Å². The number of aryl methyl sites for hydroxylation is 1. The lowest BCUT2D eigenvalue weighted by molar-refractivity contribution is 1.01. The number of nitrogens with zero attached hydrogens (tertiary/aromatic N) is 2. The van der Waals surface area contributed by atoms with Gasteiger partial charge in [0.2, 0.25) is 0 Å². The lowest BCUT2D eigenvalue weighted by Crippen LogP contribution is -1.96. The summed E-state index contributed by atoms with van der Waals surface area (Å²) >= 11 is 0. The topological polar surface area (TPSA) is 9.86 Å². The second kappa shape index (κ2) is 10.1. The van der Waals surface area contributed by atoms with Crippen molar-refractivity contribution in [2.75, 3.05) is 0 Å². The Hall–Kier alpha value is -5.86. The lowest BCUT2D eigenvalue weighted by Gasteiger charge is -2.14. The predicted octanol–water partition coefficient (Wildman–Crippen LogP) is 11.4. The number of benzene rings is 7. The van der Waals surface area contributed by atoms with Gasteiger partial charge in [0.1, 0.15) is 0 Å². The molecule has 2 heterocycles. The van der Waals surface area contributed by atoms with E-state index in [2.05, 4.69) is 180 Å². The molecule has 0 aliphatic heterocycles. The van der Waals surface area contributed by atoms with Gasteiger partial charge >= 0.3 is 0 Å². The normalized spacial score (nSPS) is 11.7. The molecule has 9 rings (SSSR count). The van der Waals surface area contributed by atoms with Crippen LogP contribution < -0.4 is 0 Å². The van der Waals surface area contributed by atoms with Crippen molar-refractivity contribution in [3.05, 3.63) is 164 Å². The van der Waals surface area contributed by atoms with Crippen LogP contribution in [-0.2, 0) is 7.05 Å². The van der Waals surface area contributed by atoms with Gasteiger partial charge in [0.05, 0.1) is 11.0 Å². The monoisotopic (exact) mass is 574 g/mol. The summed E-state index contributed by atoms with van der Waals surface area (Å²) in [5.74, 6) is 0. The van der Waals surface area contributed by atoms with E-state index in [4.69, 9.17) is 0 Å². The van der Waals surface area contributed by atoms with Crippen LogP contribution in [0.4, 0.5) is 0 Å². The van der Waals surface area contributed by atoms with Gasteiger partial charge in [0.15, 0.2) is 0 Å². The van der Waals surface area contributed by atoms with E-state index >= 15 is 0 Å². The molecule has 0 aliphatic rings. The van der Waals surface area contributed by atoms with Gasteiger partial charge in [-0.15, -0.1) is 0 Å². The molecular weight excluding hydrogens is 544 g/mol. The van der Waals surface area contributed by atoms with Crippen molar-refractivity contribution in [2.24, 2.45) is 7.05 Å². The molecule has 0 fully saturated rings. The summed E-state index contributed by atoms with van der Waals surface area (Å²) in [6.45, 7) is 0. The van der Waals surface area contributed by atoms with Crippen LogP contribution in [0, 0.1) is 0 Å². The minimum absolute atomic E-state index is 1.16. The van der Waals surface area contributed by atoms with Crippen molar-refractivity contribution in [2.45, 2.75) is 0 Å². The Morgan fingerprint density at radius 3 is 1.38 bits per heavy atom. The average Bonchev–Trinajstić information content (AvgIpc) is 3.60. The number of para-hydroxylation sites is 2. The second-order valence-corrected chi connectivity index (χ2v) is 11.9. The number of fused-ring (bicyclic) bond motifs is 6. The molecule has 0 radical (unpaired) electrons. The Bertz CT molecular complexity index is 2470. The molecule has 2 aromatic heterocycles. The smallest absolute Gasteiger partial charge is 0.0541 e. The van der Waals surface area contributed by atoms with E-state index in [0.717, 1.165) is 5.69 Å². The van der Waals surface area contributed by atoms with E-state index in [1.165, 1.54) is 77.0 Å². The third kappa shape index (κ3) is 4.11. The zero-order valence-electron chi connectivity index (χ0n) is 25.0.